The van der Waals surface area contributed by atoms with Crippen molar-refractivity contribution in [3.05, 3.63) is 52.0 Å². The molecule has 1 amide bonds. The van der Waals surface area contributed by atoms with Crippen LogP contribution in [0.4, 0.5) is 23.2 Å². The summed E-state index contributed by atoms with van der Waals surface area (Å²) in [7, 11) is 0. The predicted molar refractivity (Wildman–Crippen MR) is 80.5 cm³/mol. The zero-order valence-corrected chi connectivity index (χ0v) is 12.7. The van der Waals surface area contributed by atoms with Crippen molar-refractivity contribution in [3.8, 4) is 0 Å². The number of hydrogen-bond acceptors (Lipinski definition) is 3. The summed E-state index contributed by atoms with van der Waals surface area (Å²) in [6.07, 6.45) is -4.73. The van der Waals surface area contributed by atoms with Gasteiger partial charge in [0.2, 0.25) is 5.91 Å². The number of hydrogen-bond donors (Lipinski definition) is 1. The molecule has 8 heteroatoms. The summed E-state index contributed by atoms with van der Waals surface area (Å²) in [5.41, 5.74) is -1.63. The van der Waals surface area contributed by atoms with E-state index in [0.717, 1.165) is 17.0 Å². The summed E-state index contributed by atoms with van der Waals surface area (Å²) >= 11 is 2.84. The third-order valence-electron chi connectivity index (χ3n) is 2.62. The van der Waals surface area contributed by atoms with Crippen LogP contribution in [0.15, 0.2) is 35.7 Å². The Balaban J connectivity index is 1.96. The number of carbonyl (C=O) groups is 1. The molecule has 0 saturated heterocycles. The van der Waals surface area contributed by atoms with E-state index in [2.05, 4.69) is 5.32 Å². The van der Waals surface area contributed by atoms with Crippen molar-refractivity contribution < 1.29 is 22.4 Å². The monoisotopic (exact) mass is 349 g/mol. The van der Waals surface area contributed by atoms with E-state index < -0.39 is 29.2 Å². The summed E-state index contributed by atoms with van der Waals surface area (Å²) in [5.74, 6) is -0.927. The van der Waals surface area contributed by atoms with Crippen molar-refractivity contribution in [1.82, 2.24) is 0 Å². The Hall–Kier alpha value is -1.54. The quantitative estimate of drug-likeness (QED) is 0.787. The molecule has 2 nitrogen and oxygen atoms in total. The molecule has 0 spiro atoms. The highest BCUT2D eigenvalue weighted by molar-refractivity contribution is 7.99. The minimum absolute atomic E-state index is 0.0204. The molecular weight excluding hydrogens is 338 g/mol. The normalized spacial score (nSPS) is 11.5. The standard InChI is InChI=1S/C14H11F4NOS2/c15-9-3-4-12(11(6-9)14(16,17)18)19-13(20)8-21-7-10-2-1-5-22-10/h1-6H,7-8H2,(H,19,20). The van der Waals surface area contributed by atoms with Crippen molar-refractivity contribution in [3.63, 3.8) is 0 Å². The number of anilines is 1. The van der Waals surface area contributed by atoms with E-state index in [1.807, 2.05) is 17.5 Å². The fourth-order valence-corrected chi connectivity index (χ4v) is 3.35. The molecule has 1 aromatic carbocycles. The zero-order valence-electron chi connectivity index (χ0n) is 11.1. The minimum Gasteiger partial charge on any atom is -0.325 e. The first-order valence-corrected chi connectivity index (χ1v) is 8.16. The molecule has 2 aromatic rings. The van der Waals surface area contributed by atoms with Gasteiger partial charge in [0.05, 0.1) is 17.0 Å². The molecule has 0 aliphatic carbocycles. The molecule has 0 fully saturated rings. The number of nitrogens with one attached hydrogen (secondary N) is 1. The summed E-state index contributed by atoms with van der Waals surface area (Å²) in [6, 6.07) is 5.96. The largest absolute Gasteiger partial charge is 0.418 e. The molecule has 0 radical (unpaired) electrons. The van der Waals surface area contributed by atoms with Crippen LogP contribution in [0.3, 0.4) is 0 Å². The van der Waals surface area contributed by atoms with Gasteiger partial charge >= 0.3 is 6.18 Å². The van der Waals surface area contributed by atoms with Crippen molar-refractivity contribution >= 4 is 34.7 Å². The maximum Gasteiger partial charge on any atom is 0.418 e. The Morgan fingerprint density at radius 3 is 2.68 bits per heavy atom. The van der Waals surface area contributed by atoms with Crippen LogP contribution in [0.5, 0.6) is 0 Å². The maximum absolute atomic E-state index is 13.0. The summed E-state index contributed by atoms with van der Waals surface area (Å²) < 4.78 is 51.3. The molecule has 0 bridgehead atoms. The van der Waals surface area contributed by atoms with Gasteiger partial charge < -0.3 is 5.32 Å². The van der Waals surface area contributed by atoms with Gasteiger partial charge in [-0.25, -0.2) is 4.39 Å². The van der Waals surface area contributed by atoms with E-state index in [4.69, 9.17) is 0 Å². The highest BCUT2D eigenvalue weighted by Crippen LogP contribution is 2.35. The van der Waals surface area contributed by atoms with Crippen molar-refractivity contribution in [2.45, 2.75) is 11.9 Å². The average Bonchev–Trinajstić information content (AvgIpc) is 2.93. The fraction of sp³-hybridized carbons (Fsp3) is 0.214. The van der Waals surface area contributed by atoms with Crippen LogP contribution < -0.4 is 5.32 Å². The number of carbonyl (C=O) groups excluding carboxylic acids is 1. The molecule has 2 rings (SSSR count). The molecule has 0 atom stereocenters. The number of benzene rings is 1. The van der Waals surface area contributed by atoms with Gasteiger partial charge in [0, 0.05) is 10.6 Å². The Kier molecular flexibility index (Phi) is 5.47. The Bertz CT molecular complexity index is 641. The smallest absolute Gasteiger partial charge is 0.325 e. The lowest BCUT2D eigenvalue weighted by molar-refractivity contribution is -0.137. The average molecular weight is 349 g/mol. The highest BCUT2D eigenvalue weighted by Gasteiger charge is 2.34. The molecule has 0 unspecified atom stereocenters. The lowest BCUT2D eigenvalue weighted by Crippen LogP contribution is -2.18. The Morgan fingerprint density at radius 2 is 2.05 bits per heavy atom. The number of halogens is 4. The third kappa shape index (κ3) is 4.74. The molecule has 1 heterocycles. The van der Waals surface area contributed by atoms with Gasteiger partial charge in [0.1, 0.15) is 5.82 Å². The van der Waals surface area contributed by atoms with Crippen LogP contribution in [0.25, 0.3) is 0 Å². The topological polar surface area (TPSA) is 29.1 Å². The van der Waals surface area contributed by atoms with Gasteiger partial charge in [0.25, 0.3) is 0 Å². The first kappa shape index (κ1) is 16.8. The van der Waals surface area contributed by atoms with E-state index in [1.165, 1.54) is 11.8 Å². The molecule has 22 heavy (non-hydrogen) atoms. The number of rotatable bonds is 5. The number of alkyl halides is 3. The Labute approximate surface area is 132 Å². The second-order valence-corrected chi connectivity index (χ2v) is 6.33. The first-order valence-electron chi connectivity index (χ1n) is 6.13. The van der Waals surface area contributed by atoms with E-state index in [9.17, 15) is 22.4 Å². The van der Waals surface area contributed by atoms with E-state index in [-0.39, 0.29) is 5.75 Å². The summed E-state index contributed by atoms with van der Waals surface area (Å²) in [6.45, 7) is 0. The zero-order chi connectivity index (χ0) is 16.2. The van der Waals surface area contributed by atoms with Gasteiger partial charge in [-0.3, -0.25) is 4.79 Å². The minimum atomic E-state index is -4.73. The summed E-state index contributed by atoms with van der Waals surface area (Å²) in [4.78, 5) is 12.8. The number of amides is 1. The van der Waals surface area contributed by atoms with E-state index in [0.29, 0.717) is 11.8 Å². The Morgan fingerprint density at radius 1 is 1.27 bits per heavy atom. The maximum atomic E-state index is 13.0. The van der Waals surface area contributed by atoms with Crippen LogP contribution >= 0.6 is 23.1 Å². The number of thioether (sulfide) groups is 1. The molecule has 1 aromatic heterocycles. The molecule has 0 aliphatic rings. The van der Waals surface area contributed by atoms with Gasteiger partial charge in [-0.1, -0.05) is 6.07 Å². The van der Waals surface area contributed by atoms with E-state index in [1.54, 1.807) is 11.3 Å². The van der Waals surface area contributed by atoms with Crippen LogP contribution in [0.1, 0.15) is 10.4 Å². The van der Waals surface area contributed by atoms with Gasteiger partial charge in [-0.15, -0.1) is 23.1 Å². The van der Waals surface area contributed by atoms with Gasteiger partial charge in [-0.05, 0) is 29.6 Å². The summed E-state index contributed by atoms with van der Waals surface area (Å²) in [5, 5.41) is 4.09. The van der Waals surface area contributed by atoms with Crippen molar-refractivity contribution in [2.75, 3.05) is 11.1 Å². The molecule has 0 aliphatic heterocycles. The molecule has 1 N–H and O–H groups in total. The van der Waals surface area contributed by atoms with Crippen LogP contribution in [0.2, 0.25) is 0 Å². The fourth-order valence-electron chi connectivity index (χ4n) is 1.69. The van der Waals surface area contributed by atoms with Crippen molar-refractivity contribution in [2.24, 2.45) is 0 Å². The first-order chi connectivity index (χ1) is 10.4. The van der Waals surface area contributed by atoms with E-state index >= 15 is 0 Å². The van der Waals surface area contributed by atoms with Crippen molar-refractivity contribution in [1.29, 1.82) is 0 Å². The predicted octanol–water partition coefficient (Wildman–Crippen LogP) is 4.78. The van der Waals surface area contributed by atoms with Crippen LogP contribution in [-0.2, 0) is 16.7 Å². The highest BCUT2D eigenvalue weighted by atomic mass is 32.2. The SMILES string of the molecule is O=C(CSCc1cccs1)Nc1ccc(F)cc1C(F)(F)F. The van der Waals surface area contributed by atoms with Crippen LogP contribution in [-0.4, -0.2) is 11.7 Å². The second-order valence-electron chi connectivity index (χ2n) is 4.31. The van der Waals surface area contributed by atoms with Gasteiger partial charge in [0.15, 0.2) is 0 Å². The third-order valence-corrected chi connectivity index (χ3v) is 4.66. The van der Waals surface area contributed by atoms with Gasteiger partial charge in [-0.2, -0.15) is 13.2 Å². The molecule has 118 valence electrons. The lowest BCUT2D eigenvalue weighted by Gasteiger charge is -2.13. The lowest BCUT2D eigenvalue weighted by atomic mass is 10.1. The second kappa shape index (κ2) is 7.15. The number of thiophene rings is 1. The van der Waals surface area contributed by atoms with Crippen LogP contribution in [0, 0.1) is 5.82 Å². The molecular formula is C14H11F4NOS2. The molecule has 0 saturated carbocycles.